The first-order valence-corrected chi connectivity index (χ1v) is 6.82. The standard InChI is InChI=1S/C13H21NO4/c15-12(9-10-5-2-4-8-18-10)14-7-3-1-6-11(14)13(16)17/h10-11H,1-9H2,(H,16,17)/t10?,11-/m1/s1. The maximum absolute atomic E-state index is 12.2. The lowest BCUT2D eigenvalue weighted by molar-refractivity contribution is -0.153. The molecule has 2 atom stereocenters. The van der Waals surface area contributed by atoms with E-state index in [1.165, 1.54) is 4.90 Å². The van der Waals surface area contributed by atoms with Crippen molar-refractivity contribution in [2.24, 2.45) is 0 Å². The molecule has 1 unspecified atom stereocenters. The molecular weight excluding hydrogens is 234 g/mol. The lowest BCUT2D eigenvalue weighted by atomic mass is 10.00. The van der Waals surface area contributed by atoms with Crippen molar-refractivity contribution in [3.05, 3.63) is 0 Å². The monoisotopic (exact) mass is 255 g/mol. The average Bonchev–Trinajstić information content (AvgIpc) is 2.40. The first-order chi connectivity index (χ1) is 8.68. The molecule has 5 heteroatoms. The van der Waals surface area contributed by atoms with Crippen LogP contribution in [-0.4, -0.2) is 47.2 Å². The Labute approximate surface area is 107 Å². The SMILES string of the molecule is O=C(O)[C@H]1CCCCN1C(=O)CC1CCCCO1. The Morgan fingerprint density at radius 1 is 1.17 bits per heavy atom. The van der Waals surface area contributed by atoms with E-state index in [-0.39, 0.29) is 12.0 Å². The molecule has 2 heterocycles. The number of piperidine rings is 1. The predicted octanol–water partition coefficient (Wildman–Crippen LogP) is 1.41. The largest absolute Gasteiger partial charge is 0.480 e. The third-order valence-electron chi connectivity index (χ3n) is 3.78. The van der Waals surface area contributed by atoms with Gasteiger partial charge < -0.3 is 14.7 Å². The zero-order chi connectivity index (χ0) is 13.0. The van der Waals surface area contributed by atoms with E-state index in [9.17, 15) is 9.59 Å². The number of carboxylic acid groups (broad SMARTS) is 1. The molecule has 18 heavy (non-hydrogen) atoms. The maximum Gasteiger partial charge on any atom is 0.326 e. The summed E-state index contributed by atoms with van der Waals surface area (Å²) in [5.41, 5.74) is 0. The molecule has 0 aliphatic carbocycles. The lowest BCUT2D eigenvalue weighted by Gasteiger charge is -2.34. The van der Waals surface area contributed by atoms with Crippen LogP contribution in [0.15, 0.2) is 0 Å². The summed E-state index contributed by atoms with van der Waals surface area (Å²) in [5.74, 6) is -0.943. The Kier molecular flexibility index (Phi) is 4.58. The predicted molar refractivity (Wildman–Crippen MR) is 65.2 cm³/mol. The molecule has 1 N–H and O–H groups in total. The normalized spacial score (nSPS) is 29.0. The van der Waals surface area contributed by atoms with Gasteiger partial charge >= 0.3 is 5.97 Å². The lowest BCUT2D eigenvalue weighted by Crippen LogP contribution is -2.49. The maximum atomic E-state index is 12.2. The van der Waals surface area contributed by atoms with E-state index in [4.69, 9.17) is 9.84 Å². The van der Waals surface area contributed by atoms with Crippen LogP contribution in [0.25, 0.3) is 0 Å². The summed E-state index contributed by atoms with van der Waals surface area (Å²) in [6.07, 6.45) is 5.77. The number of carbonyl (C=O) groups excluding carboxylic acids is 1. The second kappa shape index (κ2) is 6.18. The number of carbonyl (C=O) groups is 2. The van der Waals surface area contributed by atoms with Crippen LogP contribution < -0.4 is 0 Å². The highest BCUT2D eigenvalue weighted by atomic mass is 16.5. The summed E-state index contributed by atoms with van der Waals surface area (Å²) in [6.45, 7) is 1.29. The molecule has 2 saturated heterocycles. The molecule has 2 aliphatic heterocycles. The molecular formula is C13H21NO4. The highest BCUT2D eigenvalue weighted by Gasteiger charge is 2.33. The first-order valence-electron chi connectivity index (χ1n) is 6.82. The fraction of sp³-hybridized carbons (Fsp3) is 0.846. The van der Waals surface area contributed by atoms with Crippen molar-refractivity contribution in [2.75, 3.05) is 13.2 Å². The number of likely N-dealkylation sites (tertiary alicyclic amines) is 1. The van der Waals surface area contributed by atoms with Crippen molar-refractivity contribution in [1.82, 2.24) is 4.90 Å². The number of amides is 1. The van der Waals surface area contributed by atoms with Crippen LogP contribution in [0.2, 0.25) is 0 Å². The summed E-state index contributed by atoms with van der Waals surface area (Å²) in [6, 6.07) is -0.630. The van der Waals surface area contributed by atoms with Gasteiger partial charge in [-0.2, -0.15) is 0 Å². The van der Waals surface area contributed by atoms with Crippen molar-refractivity contribution in [3.63, 3.8) is 0 Å². The van der Waals surface area contributed by atoms with E-state index in [0.717, 1.165) is 38.7 Å². The molecule has 0 radical (unpaired) electrons. The molecule has 1 amide bonds. The summed E-state index contributed by atoms with van der Waals surface area (Å²) in [4.78, 5) is 24.8. The van der Waals surface area contributed by atoms with E-state index >= 15 is 0 Å². The van der Waals surface area contributed by atoms with Crippen molar-refractivity contribution < 1.29 is 19.4 Å². The molecule has 5 nitrogen and oxygen atoms in total. The summed E-state index contributed by atoms with van der Waals surface area (Å²) in [5, 5.41) is 9.14. The second-order valence-corrected chi connectivity index (χ2v) is 5.13. The average molecular weight is 255 g/mol. The summed E-state index contributed by atoms with van der Waals surface area (Å²) in [7, 11) is 0. The van der Waals surface area contributed by atoms with Gasteiger partial charge in [0.1, 0.15) is 6.04 Å². The highest BCUT2D eigenvalue weighted by Crippen LogP contribution is 2.21. The number of aliphatic carboxylic acids is 1. The van der Waals surface area contributed by atoms with Gasteiger partial charge in [-0.1, -0.05) is 0 Å². The summed E-state index contributed by atoms with van der Waals surface area (Å²) < 4.78 is 5.54. The molecule has 0 saturated carbocycles. The fourth-order valence-electron chi connectivity index (χ4n) is 2.77. The second-order valence-electron chi connectivity index (χ2n) is 5.13. The Bertz CT molecular complexity index is 312. The highest BCUT2D eigenvalue weighted by molar-refractivity contribution is 5.84. The van der Waals surface area contributed by atoms with E-state index in [2.05, 4.69) is 0 Å². The number of nitrogens with zero attached hydrogens (tertiary/aromatic N) is 1. The Hall–Kier alpha value is -1.10. The van der Waals surface area contributed by atoms with Gasteiger partial charge in [-0.25, -0.2) is 4.79 Å². The number of hydrogen-bond donors (Lipinski definition) is 1. The number of hydrogen-bond acceptors (Lipinski definition) is 3. The van der Waals surface area contributed by atoms with Crippen LogP contribution in [-0.2, 0) is 14.3 Å². The number of rotatable bonds is 3. The van der Waals surface area contributed by atoms with Crippen LogP contribution >= 0.6 is 0 Å². The van der Waals surface area contributed by atoms with E-state index in [0.29, 0.717) is 19.4 Å². The molecule has 102 valence electrons. The van der Waals surface area contributed by atoms with Gasteiger partial charge in [-0.3, -0.25) is 4.79 Å². The molecule has 0 spiro atoms. The van der Waals surface area contributed by atoms with Gasteiger partial charge in [0.25, 0.3) is 0 Å². The molecule has 2 fully saturated rings. The zero-order valence-electron chi connectivity index (χ0n) is 10.6. The molecule has 2 rings (SSSR count). The summed E-state index contributed by atoms with van der Waals surface area (Å²) >= 11 is 0. The van der Waals surface area contributed by atoms with Gasteiger partial charge in [0, 0.05) is 13.2 Å². The van der Waals surface area contributed by atoms with Crippen molar-refractivity contribution in [1.29, 1.82) is 0 Å². The van der Waals surface area contributed by atoms with Crippen LogP contribution in [0.3, 0.4) is 0 Å². The van der Waals surface area contributed by atoms with Crippen LogP contribution in [0.5, 0.6) is 0 Å². The molecule has 0 aromatic heterocycles. The minimum atomic E-state index is -0.882. The Morgan fingerprint density at radius 2 is 1.94 bits per heavy atom. The zero-order valence-corrected chi connectivity index (χ0v) is 10.6. The number of carboxylic acids is 1. The molecule has 0 aromatic rings. The van der Waals surface area contributed by atoms with Gasteiger partial charge in [0.05, 0.1) is 12.5 Å². The van der Waals surface area contributed by atoms with Crippen LogP contribution in [0, 0.1) is 0 Å². The van der Waals surface area contributed by atoms with Gasteiger partial charge in [0.15, 0.2) is 0 Å². The smallest absolute Gasteiger partial charge is 0.326 e. The van der Waals surface area contributed by atoms with Crippen molar-refractivity contribution in [3.8, 4) is 0 Å². The fourth-order valence-corrected chi connectivity index (χ4v) is 2.77. The Balaban J connectivity index is 1.91. The molecule has 2 aliphatic rings. The molecule has 0 aromatic carbocycles. The Morgan fingerprint density at radius 3 is 2.61 bits per heavy atom. The van der Waals surface area contributed by atoms with Gasteiger partial charge in [-0.05, 0) is 38.5 Å². The topological polar surface area (TPSA) is 66.8 Å². The van der Waals surface area contributed by atoms with E-state index < -0.39 is 12.0 Å². The third-order valence-corrected chi connectivity index (χ3v) is 3.78. The quantitative estimate of drug-likeness (QED) is 0.828. The third kappa shape index (κ3) is 3.22. The van der Waals surface area contributed by atoms with Crippen molar-refractivity contribution >= 4 is 11.9 Å². The van der Waals surface area contributed by atoms with E-state index in [1.54, 1.807) is 0 Å². The van der Waals surface area contributed by atoms with E-state index in [1.807, 2.05) is 0 Å². The van der Waals surface area contributed by atoms with Gasteiger partial charge in [-0.15, -0.1) is 0 Å². The van der Waals surface area contributed by atoms with Gasteiger partial charge in [0.2, 0.25) is 5.91 Å². The number of ether oxygens (including phenoxy) is 1. The molecule has 0 bridgehead atoms. The minimum absolute atomic E-state index is 0.0115. The first kappa shape index (κ1) is 13.3. The van der Waals surface area contributed by atoms with Crippen LogP contribution in [0.4, 0.5) is 0 Å². The van der Waals surface area contributed by atoms with Crippen LogP contribution in [0.1, 0.15) is 44.9 Å². The minimum Gasteiger partial charge on any atom is -0.480 e. The van der Waals surface area contributed by atoms with Crippen molar-refractivity contribution in [2.45, 2.75) is 57.1 Å².